The van der Waals surface area contributed by atoms with Gasteiger partial charge < -0.3 is 4.74 Å². The molecule has 3 rings (SSSR count). The van der Waals surface area contributed by atoms with E-state index in [2.05, 4.69) is 49.7 Å². The van der Waals surface area contributed by atoms with Crippen molar-refractivity contribution in [2.45, 2.75) is 56.7 Å². The Balaban J connectivity index is 1.77. The number of rotatable bonds is 8. The van der Waals surface area contributed by atoms with E-state index < -0.39 is 0 Å². The summed E-state index contributed by atoms with van der Waals surface area (Å²) >= 11 is 14.1. The minimum absolute atomic E-state index is 0.102. The SMILES string of the molecule is C=CCn1c(SCc2c(Cl)cccc2Cl)nnc1C(C)Oc1ccc(C(C)(C)C)cc1. The van der Waals surface area contributed by atoms with Gasteiger partial charge in [-0.1, -0.05) is 80.0 Å². The molecule has 0 aliphatic carbocycles. The van der Waals surface area contributed by atoms with Gasteiger partial charge in [0.25, 0.3) is 0 Å². The van der Waals surface area contributed by atoms with Gasteiger partial charge in [-0.15, -0.1) is 16.8 Å². The lowest BCUT2D eigenvalue weighted by atomic mass is 9.87. The van der Waals surface area contributed by atoms with Gasteiger partial charge in [-0.05, 0) is 47.7 Å². The molecule has 0 radical (unpaired) electrons. The number of ether oxygens (including phenoxy) is 1. The summed E-state index contributed by atoms with van der Waals surface area (Å²) in [5, 5.41) is 10.8. The number of hydrogen-bond acceptors (Lipinski definition) is 4. The van der Waals surface area contributed by atoms with Crippen LogP contribution in [0, 0.1) is 0 Å². The van der Waals surface area contributed by atoms with E-state index in [0.29, 0.717) is 22.3 Å². The fourth-order valence-corrected chi connectivity index (χ4v) is 4.80. The molecule has 4 nitrogen and oxygen atoms in total. The van der Waals surface area contributed by atoms with Crippen molar-refractivity contribution in [2.75, 3.05) is 0 Å². The monoisotopic (exact) mass is 475 g/mol. The molecule has 0 aliphatic heterocycles. The number of hydrogen-bond donors (Lipinski definition) is 0. The first-order valence-electron chi connectivity index (χ1n) is 10.1. The maximum Gasteiger partial charge on any atom is 0.191 e. The average Bonchev–Trinajstić information content (AvgIpc) is 3.10. The van der Waals surface area contributed by atoms with Crippen LogP contribution in [0.15, 0.2) is 60.3 Å². The zero-order chi connectivity index (χ0) is 22.6. The molecule has 0 N–H and O–H groups in total. The molecule has 3 aromatic rings. The largest absolute Gasteiger partial charge is 0.483 e. The molecular weight excluding hydrogens is 449 g/mol. The third-order valence-corrected chi connectivity index (χ3v) is 6.56. The molecule has 1 unspecified atom stereocenters. The van der Waals surface area contributed by atoms with Crippen LogP contribution in [0.2, 0.25) is 10.0 Å². The molecule has 1 heterocycles. The quantitative estimate of drug-likeness (QED) is 0.249. The van der Waals surface area contributed by atoms with Crippen LogP contribution in [-0.4, -0.2) is 14.8 Å². The molecule has 1 aromatic heterocycles. The van der Waals surface area contributed by atoms with E-state index in [9.17, 15) is 0 Å². The van der Waals surface area contributed by atoms with Gasteiger partial charge in [0.05, 0.1) is 0 Å². The molecule has 31 heavy (non-hydrogen) atoms. The van der Waals surface area contributed by atoms with E-state index >= 15 is 0 Å². The number of nitrogens with zero attached hydrogens (tertiary/aromatic N) is 3. The summed E-state index contributed by atoms with van der Waals surface area (Å²) in [5.74, 6) is 2.13. The van der Waals surface area contributed by atoms with Crippen LogP contribution >= 0.6 is 35.0 Å². The lowest BCUT2D eigenvalue weighted by Crippen LogP contribution is -2.13. The van der Waals surface area contributed by atoms with Crippen molar-refractivity contribution < 1.29 is 4.74 Å². The van der Waals surface area contributed by atoms with Gasteiger partial charge in [0.15, 0.2) is 17.1 Å². The molecule has 0 bridgehead atoms. The van der Waals surface area contributed by atoms with Crippen LogP contribution in [0.3, 0.4) is 0 Å². The summed E-state index contributed by atoms with van der Waals surface area (Å²) in [7, 11) is 0. The van der Waals surface area contributed by atoms with E-state index in [1.165, 1.54) is 17.3 Å². The molecular formula is C24H27Cl2N3OS. The second-order valence-corrected chi connectivity index (χ2v) is 10.0. The molecule has 0 aliphatic rings. The first kappa shape index (κ1) is 23.7. The van der Waals surface area contributed by atoms with E-state index in [0.717, 1.165) is 22.3 Å². The van der Waals surface area contributed by atoms with Crippen molar-refractivity contribution in [3.8, 4) is 5.75 Å². The summed E-state index contributed by atoms with van der Waals surface area (Å²) in [6.07, 6.45) is 1.55. The highest BCUT2D eigenvalue weighted by atomic mass is 35.5. The Labute approximate surface area is 198 Å². The summed E-state index contributed by atoms with van der Waals surface area (Å²) in [4.78, 5) is 0. The maximum absolute atomic E-state index is 6.31. The summed E-state index contributed by atoms with van der Waals surface area (Å²) in [6, 6.07) is 13.7. The summed E-state index contributed by atoms with van der Waals surface area (Å²) in [5.41, 5.74) is 2.25. The molecule has 164 valence electrons. The van der Waals surface area contributed by atoms with E-state index in [4.69, 9.17) is 27.9 Å². The van der Waals surface area contributed by atoms with Gasteiger partial charge in [0.1, 0.15) is 5.75 Å². The fourth-order valence-electron chi connectivity index (χ4n) is 3.11. The molecule has 2 aromatic carbocycles. The van der Waals surface area contributed by atoms with Crippen LogP contribution in [0.25, 0.3) is 0 Å². The number of allylic oxidation sites excluding steroid dienone is 1. The van der Waals surface area contributed by atoms with E-state index in [1.54, 1.807) is 0 Å². The van der Waals surface area contributed by atoms with E-state index in [1.807, 2.05) is 47.9 Å². The standard InChI is InChI=1S/C24H27Cl2N3OS/c1-6-14-29-22(16(2)30-18-12-10-17(11-13-18)24(3,4)5)27-28-23(29)31-15-19-20(25)8-7-9-21(19)26/h6-13,16H,1,14-15H2,2-5H3. The second kappa shape index (κ2) is 10.1. The summed E-state index contributed by atoms with van der Waals surface area (Å²) < 4.78 is 8.17. The Kier molecular flexibility index (Phi) is 7.73. The average molecular weight is 476 g/mol. The van der Waals surface area contributed by atoms with Crippen LogP contribution in [-0.2, 0) is 17.7 Å². The van der Waals surface area contributed by atoms with Crippen LogP contribution in [0.4, 0.5) is 0 Å². The molecule has 7 heteroatoms. The number of benzene rings is 2. The smallest absolute Gasteiger partial charge is 0.191 e. The molecule has 0 fully saturated rings. The molecule has 0 saturated heterocycles. The zero-order valence-corrected chi connectivity index (χ0v) is 20.6. The predicted molar refractivity (Wildman–Crippen MR) is 130 cm³/mol. The van der Waals surface area contributed by atoms with Crippen LogP contribution in [0.5, 0.6) is 5.75 Å². The molecule has 1 atom stereocenters. The van der Waals surface area contributed by atoms with E-state index in [-0.39, 0.29) is 11.5 Å². The molecule has 0 saturated carbocycles. The van der Waals surface area contributed by atoms with Crippen molar-refractivity contribution in [2.24, 2.45) is 0 Å². The fraction of sp³-hybridized carbons (Fsp3) is 0.333. The summed E-state index contributed by atoms with van der Waals surface area (Å²) in [6.45, 7) is 13.0. The number of halogens is 2. The third-order valence-electron chi connectivity index (χ3n) is 4.86. The first-order valence-corrected chi connectivity index (χ1v) is 11.8. The highest BCUT2D eigenvalue weighted by Gasteiger charge is 2.20. The molecule has 0 spiro atoms. The topological polar surface area (TPSA) is 39.9 Å². The van der Waals surface area contributed by atoms with Crippen molar-refractivity contribution in [3.63, 3.8) is 0 Å². The van der Waals surface area contributed by atoms with Gasteiger partial charge in [-0.3, -0.25) is 4.57 Å². The number of thioether (sulfide) groups is 1. The Morgan fingerprint density at radius 3 is 2.32 bits per heavy atom. The highest BCUT2D eigenvalue weighted by molar-refractivity contribution is 7.98. The zero-order valence-electron chi connectivity index (χ0n) is 18.2. The van der Waals surface area contributed by atoms with Crippen molar-refractivity contribution in [1.82, 2.24) is 14.8 Å². The van der Waals surface area contributed by atoms with Crippen molar-refractivity contribution >= 4 is 35.0 Å². The Morgan fingerprint density at radius 2 is 1.74 bits per heavy atom. The lowest BCUT2D eigenvalue weighted by molar-refractivity contribution is 0.210. The predicted octanol–water partition coefficient (Wildman–Crippen LogP) is 7.50. The number of aromatic nitrogens is 3. The normalized spacial score (nSPS) is 12.6. The van der Waals surface area contributed by atoms with Gasteiger partial charge in [-0.25, -0.2) is 0 Å². The van der Waals surface area contributed by atoms with Gasteiger partial charge in [0, 0.05) is 22.3 Å². The van der Waals surface area contributed by atoms with Crippen molar-refractivity contribution in [1.29, 1.82) is 0 Å². The Morgan fingerprint density at radius 1 is 1.10 bits per heavy atom. The third kappa shape index (κ3) is 5.85. The van der Waals surface area contributed by atoms with Crippen molar-refractivity contribution in [3.05, 3.63) is 82.1 Å². The lowest BCUT2D eigenvalue weighted by Gasteiger charge is -2.20. The van der Waals surface area contributed by atoms with Crippen LogP contribution < -0.4 is 4.74 Å². The Bertz CT molecular complexity index is 1020. The van der Waals surface area contributed by atoms with Crippen LogP contribution in [0.1, 0.15) is 50.8 Å². The molecule has 0 amide bonds. The van der Waals surface area contributed by atoms with Gasteiger partial charge >= 0.3 is 0 Å². The second-order valence-electron chi connectivity index (χ2n) is 8.26. The minimum Gasteiger partial charge on any atom is -0.483 e. The maximum atomic E-state index is 6.31. The highest BCUT2D eigenvalue weighted by Crippen LogP contribution is 2.32. The van der Waals surface area contributed by atoms with Gasteiger partial charge in [0.2, 0.25) is 0 Å². The van der Waals surface area contributed by atoms with Gasteiger partial charge in [-0.2, -0.15) is 0 Å². The Hall–Kier alpha value is -1.95. The first-order chi connectivity index (χ1) is 14.7. The minimum atomic E-state index is -0.272.